The van der Waals surface area contributed by atoms with Crippen molar-refractivity contribution in [1.82, 2.24) is 10.6 Å². The topological polar surface area (TPSA) is 90.9 Å². The van der Waals surface area contributed by atoms with Crippen LogP contribution in [0.25, 0.3) is 0 Å². The Morgan fingerprint density at radius 1 is 1.33 bits per heavy atom. The first-order valence-corrected chi connectivity index (χ1v) is 8.04. The van der Waals surface area contributed by atoms with Gasteiger partial charge in [0.15, 0.2) is 6.23 Å². The van der Waals surface area contributed by atoms with Gasteiger partial charge in [-0.05, 0) is 45.7 Å². The Bertz CT molecular complexity index is 635. The number of hydrogen-bond acceptors (Lipinski definition) is 4. The van der Waals surface area contributed by atoms with Gasteiger partial charge in [0.2, 0.25) is 0 Å². The number of ether oxygens (including phenoxy) is 1. The number of benzene rings is 1. The van der Waals surface area contributed by atoms with E-state index in [-0.39, 0.29) is 12.1 Å². The maximum absolute atomic E-state index is 12.3. The number of amides is 3. The van der Waals surface area contributed by atoms with Crippen LogP contribution in [0.5, 0.6) is 0 Å². The minimum absolute atomic E-state index is 0.134. The smallest absolute Gasteiger partial charge is 0.407 e. The van der Waals surface area contributed by atoms with Crippen molar-refractivity contribution in [3.8, 4) is 0 Å². The van der Waals surface area contributed by atoms with Crippen LogP contribution in [0.2, 0.25) is 0 Å². The molecule has 0 radical (unpaired) electrons. The van der Waals surface area contributed by atoms with Crippen LogP contribution in [0, 0.1) is 0 Å². The van der Waals surface area contributed by atoms with E-state index in [0.717, 1.165) is 0 Å². The molecule has 1 saturated heterocycles. The summed E-state index contributed by atoms with van der Waals surface area (Å²) in [6.07, 6.45) is -0.532. The van der Waals surface area contributed by atoms with Crippen molar-refractivity contribution in [1.29, 1.82) is 0 Å². The average Bonchev–Trinajstić information content (AvgIpc) is 2.69. The molecule has 1 aromatic carbocycles. The van der Waals surface area contributed by atoms with Gasteiger partial charge in [-0.25, -0.2) is 9.59 Å². The SMILES string of the molecule is CC(C)(C)OC(=O)NC1CC2(C1)NC(=O)N(c1ccccc1)C2O. The normalized spacial score (nSPS) is 29.2. The van der Waals surface area contributed by atoms with Gasteiger partial charge in [0.1, 0.15) is 5.60 Å². The van der Waals surface area contributed by atoms with E-state index in [1.807, 2.05) is 18.2 Å². The number of aliphatic hydroxyl groups excluding tert-OH is 1. The van der Waals surface area contributed by atoms with Crippen LogP contribution < -0.4 is 15.5 Å². The third-order valence-corrected chi connectivity index (χ3v) is 4.29. The van der Waals surface area contributed by atoms with Crippen molar-refractivity contribution in [2.45, 2.75) is 57.0 Å². The third kappa shape index (κ3) is 3.03. The Morgan fingerprint density at radius 3 is 2.54 bits per heavy atom. The molecule has 130 valence electrons. The molecule has 3 amide bonds. The van der Waals surface area contributed by atoms with Gasteiger partial charge >= 0.3 is 12.1 Å². The molecule has 0 bridgehead atoms. The molecule has 1 saturated carbocycles. The zero-order valence-corrected chi connectivity index (χ0v) is 14.1. The van der Waals surface area contributed by atoms with Gasteiger partial charge in [-0.2, -0.15) is 0 Å². The molecule has 0 aromatic heterocycles. The Balaban J connectivity index is 1.62. The molecule has 1 aromatic rings. The number of nitrogens with zero attached hydrogens (tertiary/aromatic N) is 1. The van der Waals surface area contributed by atoms with Crippen LogP contribution in [0.3, 0.4) is 0 Å². The molecule has 24 heavy (non-hydrogen) atoms. The largest absolute Gasteiger partial charge is 0.444 e. The number of hydrogen-bond donors (Lipinski definition) is 3. The summed E-state index contributed by atoms with van der Waals surface area (Å²) >= 11 is 0. The molecule has 7 nitrogen and oxygen atoms in total. The Kier molecular flexibility index (Phi) is 3.91. The Hall–Kier alpha value is -2.28. The second-order valence-electron chi connectivity index (χ2n) is 7.42. The highest BCUT2D eigenvalue weighted by Gasteiger charge is 2.59. The van der Waals surface area contributed by atoms with Crippen LogP contribution in [0.1, 0.15) is 33.6 Å². The van der Waals surface area contributed by atoms with Crippen LogP contribution in [-0.2, 0) is 4.74 Å². The molecule has 1 heterocycles. The molecular formula is C17H23N3O4. The summed E-state index contributed by atoms with van der Waals surface area (Å²) in [5.41, 5.74) is -0.647. The highest BCUT2D eigenvalue weighted by Crippen LogP contribution is 2.42. The van der Waals surface area contributed by atoms with E-state index in [0.29, 0.717) is 18.5 Å². The third-order valence-electron chi connectivity index (χ3n) is 4.29. The number of urea groups is 1. The lowest BCUT2D eigenvalue weighted by atomic mass is 9.72. The highest BCUT2D eigenvalue weighted by atomic mass is 16.6. The molecule has 1 atom stereocenters. The second kappa shape index (κ2) is 5.66. The van der Waals surface area contributed by atoms with E-state index >= 15 is 0 Å². The number of para-hydroxylation sites is 1. The molecule has 2 aliphatic rings. The van der Waals surface area contributed by atoms with Crippen LogP contribution in [-0.4, -0.2) is 40.6 Å². The number of alkyl carbamates (subject to hydrolysis) is 1. The van der Waals surface area contributed by atoms with Crippen molar-refractivity contribution in [2.75, 3.05) is 4.90 Å². The van der Waals surface area contributed by atoms with Crippen molar-refractivity contribution in [3.05, 3.63) is 30.3 Å². The van der Waals surface area contributed by atoms with E-state index in [4.69, 9.17) is 4.74 Å². The lowest BCUT2D eigenvalue weighted by Crippen LogP contribution is -2.65. The van der Waals surface area contributed by atoms with Crippen LogP contribution in [0.15, 0.2) is 30.3 Å². The maximum Gasteiger partial charge on any atom is 0.407 e. The number of aliphatic hydroxyl groups is 1. The molecule has 1 unspecified atom stereocenters. The number of carbonyl (C=O) groups excluding carboxylic acids is 2. The zero-order chi connectivity index (χ0) is 17.5. The van der Waals surface area contributed by atoms with Gasteiger partial charge in [-0.15, -0.1) is 0 Å². The van der Waals surface area contributed by atoms with Gasteiger partial charge in [0.25, 0.3) is 0 Å². The first kappa shape index (κ1) is 16.6. The standard InChI is InChI=1S/C17H23N3O4/c1-16(2,3)24-15(23)18-11-9-17(10-11)13(21)20(14(22)19-17)12-7-5-4-6-8-12/h4-8,11,13,21H,9-10H2,1-3H3,(H,18,23)(H,19,22). The summed E-state index contributed by atoms with van der Waals surface area (Å²) in [7, 11) is 0. The second-order valence-corrected chi connectivity index (χ2v) is 7.42. The van der Waals surface area contributed by atoms with Gasteiger partial charge in [0.05, 0.1) is 5.54 Å². The van der Waals surface area contributed by atoms with Gasteiger partial charge in [-0.3, -0.25) is 4.90 Å². The van der Waals surface area contributed by atoms with E-state index < -0.39 is 23.5 Å². The lowest BCUT2D eigenvalue weighted by Gasteiger charge is -2.46. The fourth-order valence-electron chi connectivity index (χ4n) is 3.25. The molecule has 7 heteroatoms. The van der Waals surface area contributed by atoms with E-state index in [1.165, 1.54) is 4.90 Å². The number of anilines is 1. The van der Waals surface area contributed by atoms with Crippen LogP contribution in [0.4, 0.5) is 15.3 Å². The molecule has 1 spiro atoms. The minimum Gasteiger partial charge on any atom is -0.444 e. The predicted molar refractivity (Wildman–Crippen MR) is 88.6 cm³/mol. The molecule has 1 aliphatic carbocycles. The fourth-order valence-corrected chi connectivity index (χ4v) is 3.25. The number of carbonyl (C=O) groups is 2. The molecule has 3 rings (SSSR count). The fraction of sp³-hybridized carbons (Fsp3) is 0.529. The van der Waals surface area contributed by atoms with Gasteiger partial charge in [0, 0.05) is 11.7 Å². The number of nitrogens with one attached hydrogen (secondary N) is 2. The van der Waals surface area contributed by atoms with Crippen molar-refractivity contribution < 1.29 is 19.4 Å². The average molecular weight is 333 g/mol. The highest BCUT2D eigenvalue weighted by molar-refractivity contribution is 5.96. The van der Waals surface area contributed by atoms with Gasteiger partial charge in [-0.1, -0.05) is 18.2 Å². The summed E-state index contributed by atoms with van der Waals surface area (Å²) in [5, 5.41) is 16.3. The van der Waals surface area contributed by atoms with Crippen molar-refractivity contribution in [3.63, 3.8) is 0 Å². The molecular weight excluding hydrogens is 310 g/mol. The molecule has 2 fully saturated rings. The maximum atomic E-state index is 12.3. The predicted octanol–water partition coefficient (Wildman–Crippen LogP) is 1.96. The van der Waals surface area contributed by atoms with E-state index in [1.54, 1.807) is 32.9 Å². The first-order chi connectivity index (χ1) is 11.2. The number of rotatable bonds is 2. The zero-order valence-electron chi connectivity index (χ0n) is 14.1. The molecule has 1 aliphatic heterocycles. The summed E-state index contributed by atoms with van der Waals surface area (Å²) in [5.74, 6) is 0. The molecule has 3 N–H and O–H groups in total. The summed E-state index contributed by atoms with van der Waals surface area (Å²) < 4.78 is 5.22. The first-order valence-electron chi connectivity index (χ1n) is 8.04. The monoisotopic (exact) mass is 333 g/mol. The summed E-state index contributed by atoms with van der Waals surface area (Å²) in [6.45, 7) is 5.40. The summed E-state index contributed by atoms with van der Waals surface area (Å²) in [6, 6.07) is 8.56. The van der Waals surface area contributed by atoms with E-state index in [9.17, 15) is 14.7 Å². The van der Waals surface area contributed by atoms with Crippen LogP contribution >= 0.6 is 0 Å². The minimum atomic E-state index is -0.968. The van der Waals surface area contributed by atoms with Crippen molar-refractivity contribution in [2.24, 2.45) is 0 Å². The van der Waals surface area contributed by atoms with E-state index in [2.05, 4.69) is 10.6 Å². The Labute approximate surface area is 141 Å². The van der Waals surface area contributed by atoms with Crippen molar-refractivity contribution >= 4 is 17.8 Å². The quantitative estimate of drug-likeness (QED) is 0.771. The summed E-state index contributed by atoms with van der Waals surface area (Å²) in [4.78, 5) is 25.4. The lowest BCUT2D eigenvalue weighted by molar-refractivity contribution is 0.0116. The van der Waals surface area contributed by atoms with Gasteiger partial charge < -0.3 is 20.5 Å². The Morgan fingerprint density at radius 2 is 1.96 bits per heavy atom.